The molecule has 9 heteroatoms. The molecule has 184 valence electrons. The highest BCUT2D eigenvalue weighted by atomic mass is 32.2. The maximum atomic E-state index is 13.9. The van der Waals surface area contributed by atoms with Gasteiger partial charge >= 0.3 is 0 Å². The van der Waals surface area contributed by atoms with Crippen molar-refractivity contribution in [3.05, 3.63) is 101 Å². The van der Waals surface area contributed by atoms with Crippen LogP contribution >= 0.6 is 11.8 Å². The molecule has 4 aromatic rings. The summed E-state index contributed by atoms with van der Waals surface area (Å²) < 4.78 is 15.7. The summed E-state index contributed by atoms with van der Waals surface area (Å²) >= 11 is 1.18. The maximum absolute atomic E-state index is 13.9. The first-order valence-corrected chi connectivity index (χ1v) is 12.3. The van der Waals surface area contributed by atoms with E-state index >= 15 is 0 Å². The van der Waals surface area contributed by atoms with Gasteiger partial charge in [0.25, 0.3) is 5.91 Å². The van der Waals surface area contributed by atoms with E-state index in [1.165, 1.54) is 23.9 Å². The lowest BCUT2D eigenvalue weighted by atomic mass is 10.1. The molecule has 4 rings (SSSR count). The average Bonchev–Trinajstić information content (AvgIpc) is 3.27. The number of rotatable bonds is 8. The molecule has 0 unspecified atom stereocenters. The first kappa shape index (κ1) is 25.1. The number of carbonyl (C=O) groups excluding carboxylic acids is 2. The summed E-state index contributed by atoms with van der Waals surface area (Å²) in [6.45, 7) is 6.09. The largest absolute Gasteiger partial charge is 0.345 e. The molecule has 0 spiro atoms. The van der Waals surface area contributed by atoms with Gasteiger partial charge in [-0.15, -0.1) is 10.2 Å². The average molecular weight is 504 g/mol. The molecule has 0 bridgehead atoms. The Morgan fingerprint density at radius 3 is 2.50 bits per heavy atom. The summed E-state index contributed by atoms with van der Waals surface area (Å²) in [5.41, 5.74) is 4.70. The number of anilines is 1. The number of carbonyl (C=O) groups is 2. The Kier molecular flexibility index (Phi) is 7.80. The van der Waals surface area contributed by atoms with Crippen LogP contribution < -0.4 is 10.6 Å². The summed E-state index contributed by atoms with van der Waals surface area (Å²) in [6, 6.07) is 19.3. The van der Waals surface area contributed by atoms with Crippen molar-refractivity contribution in [3.63, 3.8) is 0 Å². The number of para-hydroxylation sites is 1. The fraction of sp³-hybridized carbons (Fsp3) is 0.185. The number of hydrogen-bond acceptors (Lipinski definition) is 5. The second kappa shape index (κ2) is 11.2. The molecule has 36 heavy (non-hydrogen) atoms. The maximum Gasteiger partial charge on any atom is 0.251 e. The smallest absolute Gasteiger partial charge is 0.251 e. The number of halogens is 1. The summed E-state index contributed by atoms with van der Waals surface area (Å²) in [5.74, 6) is -0.549. The van der Waals surface area contributed by atoms with Crippen molar-refractivity contribution in [3.8, 4) is 5.69 Å². The number of hydrogen-bond donors (Lipinski definition) is 2. The molecule has 0 aliphatic carbocycles. The molecule has 2 N–H and O–H groups in total. The van der Waals surface area contributed by atoms with E-state index < -0.39 is 5.82 Å². The molecule has 0 radical (unpaired) electrons. The number of thioether (sulfide) groups is 1. The number of aromatic nitrogens is 3. The molecule has 0 saturated carbocycles. The van der Waals surface area contributed by atoms with E-state index in [4.69, 9.17) is 0 Å². The Hall–Kier alpha value is -3.98. The molecule has 3 aromatic carbocycles. The van der Waals surface area contributed by atoms with Gasteiger partial charge in [0.05, 0.1) is 18.0 Å². The quantitative estimate of drug-likeness (QED) is 0.331. The van der Waals surface area contributed by atoms with Gasteiger partial charge in [0.15, 0.2) is 11.0 Å². The summed E-state index contributed by atoms with van der Waals surface area (Å²) in [4.78, 5) is 25.2. The summed E-state index contributed by atoms with van der Waals surface area (Å²) in [7, 11) is 0. The van der Waals surface area contributed by atoms with E-state index in [-0.39, 0.29) is 29.8 Å². The number of amides is 2. The van der Waals surface area contributed by atoms with Crippen molar-refractivity contribution < 1.29 is 14.0 Å². The van der Waals surface area contributed by atoms with Crippen LogP contribution in [0.4, 0.5) is 10.1 Å². The molecule has 0 aliphatic heterocycles. The van der Waals surface area contributed by atoms with Gasteiger partial charge in [-0.2, -0.15) is 0 Å². The topological polar surface area (TPSA) is 88.9 Å². The van der Waals surface area contributed by atoms with Crippen molar-refractivity contribution in [1.82, 2.24) is 20.1 Å². The van der Waals surface area contributed by atoms with E-state index in [0.29, 0.717) is 16.5 Å². The predicted molar refractivity (Wildman–Crippen MR) is 139 cm³/mol. The number of nitrogens with zero attached hydrogens (tertiary/aromatic N) is 3. The van der Waals surface area contributed by atoms with Crippen LogP contribution in [-0.2, 0) is 11.3 Å². The van der Waals surface area contributed by atoms with Gasteiger partial charge in [0.2, 0.25) is 5.91 Å². The molecule has 0 fully saturated rings. The predicted octanol–water partition coefficient (Wildman–Crippen LogP) is 4.99. The molecule has 7 nitrogen and oxygen atoms in total. The minimum absolute atomic E-state index is 0.00723. The van der Waals surface area contributed by atoms with Crippen molar-refractivity contribution in [2.75, 3.05) is 11.1 Å². The summed E-state index contributed by atoms with van der Waals surface area (Å²) in [6.07, 6.45) is 0. The van der Waals surface area contributed by atoms with Crippen LogP contribution in [-0.4, -0.2) is 32.3 Å². The Morgan fingerprint density at radius 1 is 0.944 bits per heavy atom. The highest BCUT2D eigenvalue weighted by Gasteiger charge is 2.18. The van der Waals surface area contributed by atoms with Crippen LogP contribution in [0.25, 0.3) is 5.69 Å². The molecular weight excluding hydrogens is 477 g/mol. The van der Waals surface area contributed by atoms with Crippen LogP contribution in [0.15, 0.2) is 71.9 Å². The number of nitrogens with one attached hydrogen (secondary N) is 2. The van der Waals surface area contributed by atoms with Gasteiger partial charge < -0.3 is 10.6 Å². The minimum atomic E-state index is -0.499. The SMILES string of the molecule is Cc1cccc(-n2c(CNC(=O)c3ccc(C)c(C)c3)nnc2SCC(=O)Nc2ccccc2F)c1. The van der Waals surface area contributed by atoms with Crippen molar-refractivity contribution >= 4 is 29.3 Å². The molecular formula is C27H26FN5O2S. The Bertz CT molecular complexity index is 1420. The second-order valence-electron chi connectivity index (χ2n) is 8.37. The van der Waals surface area contributed by atoms with Gasteiger partial charge in [-0.3, -0.25) is 14.2 Å². The van der Waals surface area contributed by atoms with Gasteiger partial charge in [0.1, 0.15) is 5.82 Å². The van der Waals surface area contributed by atoms with Gasteiger partial charge in [-0.05, 0) is 73.9 Å². The number of aryl methyl sites for hydroxylation is 3. The van der Waals surface area contributed by atoms with Crippen LogP contribution in [0.2, 0.25) is 0 Å². The third kappa shape index (κ3) is 5.98. The zero-order chi connectivity index (χ0) is 25.7. The zero-order valence-electron chi connectivity index (χ0n) is 20.2. The molecule has 1 aromatic heterocycles. The van der Waals surface area contributed by atoms with E-state index in [0.717, 1.165) is 22.4 Å². The van der Waals surface area contributed by atoms with Crippen molar-refractivity contribution in [2.24, 2.45) is 0 Å². The van der Waals surface area contributed by atoms with E-state index in [1.807, 2.05) is 61.7 Å². The molecule has 1 heterocycles. The molecule has 0 atom stereocenters. The number of benzene rings is 3. The van der Waals surface area contributed by atoms with Crippen molar-refractivity contribution in [1.29, 1.82) is 0 Å². The van der Waals surface area contributed by atoms with E-state index in [1.54, 1.807) is 18.2 Å². The second-order valence-corrected chi connectivity index (χ2v) is 9.31. The van der Waals surface area contributed by atoms with Gasteiger partial charge in [0, 0.05) is 11.3 Å². The molecule has 0 saturated heterocycles. The van der Waals surface area contributed by atoms with Crippen molar-refractivity contribution in [2.45, 2.75) is 32.5 Å². The molecule has 0 aliphatic rings. The monoisotopic (exact) mass is 503 g/mol. The van der Waals surface area contributed by atoms with Crippen LogP contribution in [0.3, 0.4) is 0 Å². The highest BCUT2D eigenvalue weighted by molar-refractivity contribution is 7.99. The normalized spacial score (nSPS) is 10.8. The van der Waals surface area contributed by atoms with Crippen LogP contribution in [0.1, 0.15) is 32.9 Å². The van der Waals surface area contributed by atoms with Gasteiger partial charge in [-0.1, -0.05) is 42.1 Å². The fourth-order valence-electron chi connectivity index (χ4n) is 3.56. The van der Waals surface area contributed by atoms with Gasteiger partial charge in [-0.25, -0.2) is 4.39 Å². The Labute approximate surface area is 213 Å². The third-order valence-electron chi connectivity index (χ3n) is 5.62. The first-order chi connectivity index (χ1) is 17.3. The van der Waals surface area contributed by atoms with E-state index in [9.17, 15) is 14.0 Å². The first-order valence-electron chi connectivity index (χ1n) is 11.4. The zero-order valence-corrected chi connectivity index (χ0v) is 21.0. The standard InChI is InChI=1S/C27H26FN5O2S/c1-17-7-6-8-21(13-17)33-24(15-29-26(35)20-12-11-18(2)19(3)14-20)31-32-27(33)36-16-25(34)30-23-10-5-4-9-22(23)28/h4-14H,15-16H2,1-3H3,(H,29,35)(H,30,34). The minimum Gasteiger partial charge on any atom is -0.345 e. The Morgan fingerprint density at radius 2 is 1.75 bits per heavy atom. The third-order valence-corrected chi connectivity index (χ3v) is 6.55. The van der Waals surface area contributed by atoms with Crippen LogP contribution in [0, 0.1) is 26.6 Å². The van der Waals surface area contributed by atoms with Crippen LogP contribution in [0.5, 0.6) is 0 Å². The fourth-order valence-corrected chi connectivity index (χ4v) is 4.33. The van der Waals surface area contributed by atoms with E-state index in [2.05, 4.69) is 20.8 Å². The highest BCUT2D eigenvalue weighted by Crippen LogP contribution is 2.23. The Balaban J connectivity index is 1.52. The lowest BCUT2D eigenvalue weighted by molar-refractivity contribution is -0.113. The molecule has 2 amide bonds. The summed E-state index contributed by atoms with van der Waals surface area (Å²) in [5, 5.41) is 14.5. The lowest BCUT2D eigenvalue weighted by Gasteiger charge is -2.12. The lowest BCUT2D eigenvalue weighted by Crippen LogP contribution is -2.25.